The highest BCUT2D eigenvalue weighted by Gasteiger charge is 2.35. The van der Waals surface area contributed by atoms with Gasteiger partial charge in [-0.25, -0.2) is 12.8 Å². The van der Waals surface area contributed by atoms with Crippen LogP contribution in [0.4, 0.5) is 10.1 Å². The van der Waals surface area contributed by atoms with Gasteiger partial charge in [0.15, 0.2) is 11.5 Å². The number of anilines is 1. The van der Waals surface area contributed by atoms with Crippen LogP contribution in [0.5, 0.6) is 23.0 Å². The van der Waals surface area contributed by atoms with Crippen molar-refractivity contribution < 1.29 is 41.3 Å². The Balaban J connectivity index is 1.79. The molecule has 1 N–H and O–H groups in total. The molecular weight excluding hydrogens is 617 g/mol. The molecule has 1 saturated carbocycles. The summed E-state index contributed by atoms with van der Waals surface area (Å²) in [6.07, 6.45) is 3.69. The van der Waals surface area contributed by atoms with Crippen LogP contribution < -0.4 is 28.6 Å². The van der Waals surface area contributed by atoms with Crippen LogP contribution in [0.15, 0.2) is 65.6 Å². The Morgan fingerprint density at radius 3 is 2.11 bits per heavy atom. The molecule has 2 amide bonds. The van der Waals surface area contributed by atoms with Crippen LogP contribution >= 0.6 is 0 Å². The van der Waals surface area contributed by atoms with Crippen LogP contribution in [0, 0.1) is 5.82 Å². The predicted molar refractivity (Wildman–Crippen MR) is 170 cm³/mol. The number of sulfonamides is 1. The van der Waals surface area contributed by atoms with Gasteiger partial charge in [0.05, 0.1) is 39.0 Å². The molecule has 0 bridgehead atoms. The maximum absolute atomic E-state index is 14.4. The first kappa shape index (κ1) is 34.4. The lowest BCUT2D eigenvalue weighted by atomic mass is 10.1. The zero-order valence-corrected chi connectivity index (χ0v) is 27.4. The molecule has 46 heavy (non-hydrogen) atoms. The fourth-order valence-corrected chi connectivity index (χ4v) is 6.80. The summed E-state index contributed by atoms with van der Waals surface area (Å²) < 4.78 is 64.9. The lowest BCUT2D eigenvalue weighted by Crippen LogP contribution is -2.52. The Morgan fingerprint density at radius 2 is 1.50 bits per heavy atom. The zero-order valence-electron chi connectivity index (χ0n) is 26.6. The molecule has 13 heteroatoms. The van der Waals surface area contributed by atoms with Gasteiger partial charge in [-0.2, -0.15) is 0 Å². The number of carbonyl (C=O) groups excluding carboxylic acids is 2. The third-order valence-electron chi connectivity index (χ3n) is 8.01. The number of ether oxygens (including phenoxy) is 4. The zero-order chi connectivity index (χ0) is 33.4. The number of methoxy groups -OCH3 is 4. The Morgan fingerprint density at radius 1 is 0.870 bits per heavy atom. The van der Waals surface area contributed by atoms with E-state index in [2.05, 4.69) is 5.32 Å². The fraction of sp³-hybridized carbons (Fsp3) is 0.394. The average Bonchev–Trinajstić information content (AvgIpc) is 3.58. The van der Waals surface area contributed by atoms with Crippen molar-refractivity contribution in [1.29, 1.82) is 0 Å². The van der Waals surface area contributed by atoms with Gasteiger partial charge >= 0.3 is 0 Å². The topological polar surface area (TPSA) is 124 Å². The summed E-state index contributed by atoms with van der Waals surface area (Å²) in [6.45, 7) is 0.811. The normalized spacial score (nSPS) is 13.9. The summed E-state index contributed by atoms with van der Waals surface area (Å²) >= 11 is 0. The van der Waals surface area contributed by atoms with E-state index in [0.29, 0.717) is 17.1 Å². The second-order valence-electron chi connectivity index (χ2n) is 10.9. The first-order valence-corrected chi connectivity index (χ1v) is 16.3. The first-order chi connectivity index (χ1) is 22.0. The number of rotatable bonds is 14. The van der Waals surface area contributed by atoms with Crippen molar-refractivity contribution in [2.75, 3.05) is 39.3 Å². The van der Waals surface area contributed by atoms with Crippen molar-refractivity contribution in [3.05, 3.63) is 72.0 Å². The lowest BCUT2D eigenvalue weighted by molar-refractivity contribution is -0.139. The van der Waals surface area contributed by atoms with Crippen molar-refractivity contribution in [1.82, 2.24) is 10.2 Å². The summed E-state index contributed by atoms with van der Waals surface area (Å²) in [4.78, 5) is 28.8. The van der Waals surface area contributed by atoms with Gasteiger partial charge in [0.2, 0.25) is 11.8 Å². The molecule has 1 fully saturated rings. The van der Waals surface area contributed by atoms with Crippen LogP contribution in [-0.2, 0) is 26.2 Å². The smallest absolute Gasteiger partial charge is 0.265 e. The van der Waals surface area contributed by atoms with E-state index in [9.17, 15) is 22.4 Å². The van der Waals surface area contributed by atoms with Gasteiger partial charge in [0, 0.05) is 24.7 Å². The van der Waals surface area contributed by atoms with Crippen molar-refractivity contribution in [2.45, 2.75) is 56.1 Å². The van der Waals surface area contributed by atoms with Gasteiger partial charge in [-0.15, -0.1) is 0 Å². The largest absolute Gasteiger partial charge is 0.497 e. The van der Waals surface area contributed by atoms with Gasteiger partial charge in [-0.05, 0) is 61.7 Å². The Hall–Kier alpha value is -4.52. The van der Waals surface area contributed by atoms with E-state index in [4.69, 9.17) is 18.9 Å². The first-order valence-electron chi connectivity index (χ1n) is 14.8. The quantitative estimate of drug-likeness (QED) is 0.268. The molecule has 0 saturated heterocycles. The van der Waals surface area contributed by atoms with E-state index in [0.717, 1.165) is 30.0 Å². The SMILES string of the molecule is COc1ccc(OC)c(N(CC(=O)N(Cc2ccc(F)cc2)[C@@H](C)C(=O)NC2CCCC2)S(=O)(=O)c2ccc(OC)c(OC)c2)c1. The number of nitrogens with zero attached hydrogens (tertiary/aromatic N) is 2. The molecular formula is C33H40FN3O8S. The molecule has 0 radical (unpaired) electrons. The Kier molecular flexibility index (Phi) is 11.3. The maximum Gasteiger partial charge on any atom is 0.265 e. The molecule has 1 atom stereocenters. The number of hydrogen-bond acceptors (Lipinski definition) is 8. The molecule has 0 aliphatic heterocycles. The Labute approximate surface area is 269 Å². The number of halogens is 1. The van der Waals surface area contributed by atoms with Crippen LogP contribution in [0.25, 0.3) is 0 Å². The van der Waals surface area contributed by atoms with E-state index >= 15 is 0 Å². The third kappa shape index (κ3) is 7.82. The van der Waals surface area contributed by atoms with E-state index in [1.165, 1.54) is 87.9 Å². The van der Waals surface area contributed by atoms with E-state index in [-0.39, 0.29) is 40.6 Å². The minimum Gasteiger partial charge on any atom is -0.497 e. The predicted octanol–water partition coefficient (Wildman–Crippen LogP) is 4.53. The second kappa shape index (κ2) is 15.2. The average molecular weight is 658 g/mol. The Bertz CT molecular complexity index is 1630. The molecule has 4 rings (SSSR count). The number of benzene rings is 3. The summed E-state index contributed by atoms with van der Waals surface area (Å²) in [5.74, 6) is -0.523. The van der Waals surface area contributed by atoms with E-state index in [1.54, 1.807) is 13.0 Å². The molecule has 0 unspecified atom stereocenters. The molecule has 248 valence electrons. The van der Waals surface area contributed by atoms with Crippen LogP contribution in [0.1, 0.15) is 38.2 Å². The molecule has 0 heterocycles. The molecule has 3 aromatic carbocycles. The molecule has 1 aliphatic rings. The van der Waals surface area contributed by atoms with Gasteiger partial charge in [-0.1, -0.05) is 25.0 Å². The minimum absolute atomic E-state index is 0.000645. The number of hydrogen-bond donors (Lipinski definition) is 1. The summed E-state index contributed by atoms with van der Waals surface area (Å²) in [5, 5.41) is 3.02. The van der Waals surface area contributed by atoms with E-state index < -0.39 is 34.3 Å². The van der Waals surface area contributed by atoms with Gasteiger partial charge in [-0.3, -0.25) is 13.9 Å². The van der Waals surface area contributed by atoms with Crippen molar-refractivity contribution in [3.63, 3.8) is 0 Å². The highest BCUT2D eigenvalue weighted by atomic mass is 32.2. The molecule has 11 nitrogen and oxygen atoms in total. The van der Waals surface area contributed by atoms with Gasteiger partial charge in [0.25, 0.3) is 10.0 Å². The van der Waals surface area contributed by atoms with Crippen LogP contribution in [0.2, 0.25) is 0 Å². The number of nitrogens with one attached hydrogen (secondary N) is 1. The molecule has 3 aromatic rings. The molecule has 0 spiro atoms. The second-order valence-corrected chi connectivity index (χ2v) is 12.7. The third-order valence-corrected chi connectivity index (χ3v) is 9.77. The van der Waals surface area contributed by atoms with Gasteiger partial charge in [0.1, 0.15) is 29.9 Å². The van der Waals surface area contributed by atoms with Crippen LogP contribution in [0.3, 0.4) is 0 Å². The highest BCUT2D eigenvalue weighted by Crippen LogP contribution is 2.38. The summed E-state index contributed by atoms with van der Waals surface area (Å²) in [7, 11) is 1.14. The number of carbonyl (C=O) groups is 2. The lowest BCUT2D eigenvalue weighted by Gasteiger charge is -2.33. The van der Waals surface area contributed by atoms with Crippen molar-refractivity contribution in [3.8, 4) is 23.0 Å². The monoisotopic (exact) mass is 657 g/mol. The summed E-state index contributed by atoms with van der Waals surface area (Å²) in [6, 6.07) is 13.2. The minimum atomic E-state index is -4.48. The fourth-order valence-electron chi connectivity index (χ4n) is 5.37. The maximum atomic E-state index is 14.4. The highest BCUT2D eigenvalue weighted by molar-refractivity contribution is 7.92. The molecule has 1 aliphatic carbocycles. The molecule has 0 aromatic heterocycles. The standard InChI is InChI=1S/C33H40FN3O8S/c1-22(33(39)35-25-8-6-7-9-25)36(20-23-10-12-24(34)13-11-23)32(38)21-37(28-18-26(42-2)14-16-29(28)43-3)46(40,41)27-15-17-30(44-4)31(19-27)45-5/h10-19,22,25H,6-9,20-21H2,1-5H3,(H,35,39)/t22-/m0/s1. The van der Waals surface area contributed by atoms with Crippen LogP contribution in [-0.4, -0.2) is 72.2 Å². The van der Waals surface area contributed by atoms with E-state index in [1.807, 2.05) is 0 Å². The summed E-state index contributed by atoms with van der Waals surface area (Å²) in [5.41, 5.74) is 0.596. The van der Waals surface area contributed by atoms with Crippen molar-refractivity contribution >= 4 is 27.5 Å². The number of amides is 2. The van der Waals surface area contributed by atoms with Crippen molar-refractivity contribution in [2.24, 2.45) is 0 Å². The van der Waals surface area contributed by atoms with Gasteiger partial charge < -0.3 is 29.2 Å².